The van der Waals surface area contributed by atoms with E-state index in [0.717, 1.165) is 0 Å². The van der Waals surface area contributed by atoms with Crippen LogP contribution in [0.1, 0.15) is 0 Å². The van der Waals surface area contributed by atoms with Gasteiger partial charge in [0.2, 0.25) is 6.36 Å². The van der Waals surface area contributed by atoms with E-state index in [1.54, 1.807) is 0 Å². The second-order valence-corrected chi connectivity index (χ2v) is 3.28. The van der Waals surface area contributed by atoms with Crippen LogP contribution in [0.15, 0.2) is 0 Å². The van der Waals surface area contributed by atoms with E-state index in [2.05, 4.69) is 17.4 Å². The van der Waals surface area contributed by atoms with E-state index in [1.165, 1.54) is 0 Å². The number of hydrogen-bond donors (Lipinski definition) is 4. The lowest BCUT2D eigenvalue weighted by molar-refractivity contribution is -0.209. The second kappa shape index (κ2) is 3.89. The number of thiol groups is 1. The van der Waals surface area contributed by atoms with Crippen molar-refractivity contribution in [3.8, 4) is 0 Å². The fourth-order valence-electron chi connectivity index (χ4n) is 1.06. The second-order valence-electron chi connectivity index (χ2n) is 2.68. The molecule has 1 heterocycles. The van der Waals surface area contributed by atoms with Crippen molar-refractivity contribution < 1.29 is 24.4 Å². The van der Waals surface area contributed by atoms with Gasteiger partial charge in [0.15, 0.2) is 0 Å². The van der Waals surface area contributed by atoms with Crippen LogP contribution in [-0.2, 0) is 4.74 Å². The van der Waals surface area contributed by atoms with Gasteiger partial charge >= 0.3 is 0 Å². The van der Waals surface area contributed by atoms with Crippen LogP contribution in [0, 0.1) is 0 Å². The fraction of sp³-hybridized carbons (Fsp3) is 1.00. The molecule has 1 aliphatic rings. The van der Waals surface area contributed by atoms with Crippen molar-refractivity contribution in [2.45, 2.75) is 29.9 Å². The molecule has 1 saturated heterocycles. The van der Waals surface area contributed by atoms with E-state index in [0.29, 0.717) is 0 Å². The summed E-state index contributed by atoms with van der Waals surface area (Å²) in [4.78, 5) is 0. The van der Waals surface area contributed by atoms with E-state index in [-0.39, 0.29) is 0 Å². The Morgan fingerprint density at radius 2 is 1.92 bits per heavy atom. The quantitative estimate of drug-likeness (QED) is 0.395. The Morgan fingerprint density at radius 3 is 2.42 bits per heavy atom. The molecule has 0 bridgehead atoms. The molecule has 6 heteroatoms. The highest BCUT2D eigenvalue weighted by molar-refractivity contribution is 7.81. The maximum Gasteiger partial charge on any atom is 0.213 e. The SMILES string of the molecule is OC[C@H]1OC(F)[C@H](S)[C@@H](O)[C@@H]1O. The molecule has 3 N–H and O–H groups in total. The number of ether oxygens (including phenoxy) is 1. The zero-order chi connectivity index (χ0) is 9.30. The van der Waals surface area contributed by atoms with Crippen LogP contribution in [0.2, 0.25) is 0 Å². The summed E-state index contributed by atoms with van der Waals surface area (Å²) in [5.41, 5.74) is 0. The molecular weight excluding hydrogens is 187 g/mol. The van der Waals surface area contributed by atoms with Gasteiger partial charge in [-0.2, -0.15) is 12.6 Å². The third-order valence-corrected chi connectivity index (χ3v) is 2.37. The number of alkyl halides is 1. The Hall–Kier alpha value is 0.120. The van der Waals surface area contributed by atoms with E-state index in [4.69, 9.17) is 10.2 Å². The van der Waals surface area contributed by atoms with Crippen molar-refractivity contribution in [1.29, 1.82) is 0 Å². The number of hydrogen-bond acceptors (Lipinski definition) is 5. The number of aliphatic hydroxyl groups is 3. The summed E-state index contributed by atoms with van der Waals surface area (Å²) in [5.74, 6) is 0. The topological polar surface area (TPSA) is 69.9 Å². The molecule has 0 aromatic rings. The first-order valence-corrected chi connectivity index (χ1v) is 4.04. The highest BCUT2D eigenvalue weighted by atomic mass is 32.1. The van der Waals surface area contributed by atoms with E-state index in [1.807, 2.05) is 0 Å². The van der Waals surface area contributed by atoms with Gasteiger partial charge in [0.25, 0.3) is 0 Å². The Morgan fingerprint density at radius 1 is 1.33 bits per heavy atom. The third-order valence-electron chi connectivity index (χ3n) is 1.83. The monoisotopic (exact) mass is 198 g/mol. The zero-order valence-electron chi connectivity index (χ0n) is 6.17. The number of halogens is 1. The van der Waals surface area contributed by atoms with Crippen molar-refractivity contribution >= 4 is 12.6 Å². The Balaban J connectivity index is 2.63. The molecular formula is C6H11FO4S. The molecule has 0 amide bonds. The predicted octanol–water partition coefficient (Wildman–Crippen LogP) is -1.31. The molecule has 1 rings (SSSR count). The minimum absolute atomic E-state index is 0.529. The van der Waals surface area contributed by atoms with Crippen LogP contribution in [0.25, 0.3) is 0 Å². The van der Waals surface area contributed by atoms with Gasteiger partial charge in [-0.3, -0.25) is 0 Å². The molecule has 1 fully saturated rings. The van der Waals surface area contributed by atoms with Crippen LogP contribution in [0.5, 0.6) is 0 Å². The third kappa shape index (κ3) is 1.72. The molecule has 0 aliphatic carbocycles. The van der Waals surface area contributed by atoms with Crippen LogP contribution in [-0.4, -0.2) is 51.8 Å². The van der Waals surface area contributed by atoms with Gasteiger partial charge in [0.1, 0.15) is 12.2 Å². The first kappa shape index (κ1) is 10.2. The molecule has 1 aliphatic heterocycles. The molecule has 72 valence electrons. The van der Waals surface area contributed by atoms with Crippen molar-refractivity contribution in [1.82, 2.24) is 0 Å². The average Bonchev–Trinajstić information content (AvgIpc) is 2.08. The smallest absolute Gasteiger partial charge is 0.213 e. The van der Waals surface area contributed by atoms with E-state index >= 15 is 0 Å². The van der Waals surface area contributed by atoms with Crippen LogP contribution >= 0.6 is 12.6 Å². The molecule has 0 aromatic heterocycles. The lowest BCUT2D eigenvalue weighted by Crippen LogP contribution is -2.55. The van der Waals surface area contributed by atoms with Gasteiger partial charge in [-0.25, -0.2) is 4.39 Å². The largest absolute Gasteiger partial charge is 0.394 e. The molecule has 12 heavy (non-hydrogen) atoms. The fourth-order valence-corrected chi connectivity index (χ4v) is 1.30. The summed E-state index contributed by atoms with van der Waals surface area (Å²) >= 11 is 3.70. The Labute approximate surface area is 74.4 Å². The maximum atomic E-state index is 12.8. The normalized spacial score (nSPS) is 49.2. The number of aliphatic hydroxyl groups excluding tert-OH is 3. The minimum Gasteiger partial charge on any atom is -0.394 e. The summed E-state index contributed by atoms with van der Waals surface area (Å²) in [6.07, 6.45) is -5.43. The van der Waals surface area contributed by atoms with Gasteiger partial charge in [-0.1, -0.05) is 0 Å². The maximum absolute atomic E-state index is 12.8. The molecule has 4 nitrogen and oxygen atoms in total. The first-order chi connectivity index (χ1) is 5.57. The molecule has 5 atom stereocenters. The number of rotatable bonds is 1. The minimum atomic E-state index is -1.76. The van der Waals surface area contributed by atoms with Crippen molar-refractivity contribution in [2.75, 3.05) is 6.61 Å². The molecule has 0 radical (unpaired) electrons. The lowest BCUT2D eigenvalue weighted by atomic mass is 10.0. The van der Waals surface area contributed by atoms with Crippen LogP contribution in [0.3, 0.4) is 0 Å². The van der Waals surface area contributed by atoms with Gasteiger partial charge in [0, 0.05) is 0 Å². The summed E-state index contributed by atoms with van der Waals surface area (Å²) in [7, 11) is 0. The van der Waals surface area contributed by atoms with Crippen molar-refractivity contribution in [2.24, 2.45) is 0 Å². The highest BCUT2D eigenvalue weighted by Crippen LogP contribution is 2.25. The summed E-state index contributed by atoms with van der Waals surface area (Å²) in [6.45, 7) is -0.529. The van der Waals surface area contributed by atoms with Gasteiger partial charge in [0.05, 0.1) is 18.0 Å². The lowest BCUT2D eigenvalue weighted by Gasteiger charge is -2.36. The molecule has 0 saturated carbocycles. The Bertz CT molecular complexity index is 154. The standard InChI is InChI=1S/C6H11FO4S/c7-6-5(12)4(10)3(9)2(1-8)11-6/h2-6,8-10,12H,1H2/t2-,3-,4+,5-,6?/m1/s1. The zero-order valence-corrected chi connectivity index (χ0v) is 7.06. The molecule has 0 aromatic carbocycles. The van der Waals surface area contributed by atoms with Crippen molar-refractivity contribution in [3.63, 3.8) is 0 Å². The molecule has 0 spiro atoms. The predicted molar refractivity (Wildman–Crippen MR) is 41.6 cm³/mol. The summed E-state index contributed by atoms with van der Waals surface area (Å²) < 4.78 is 17.3. The van der Waals surface area contributed by atoms with Gasteiger partial charge in [-0.05, 0) is 0 Å². The summed E-state index contributed by atoms with van der Waals surface area (Å²) in [6, 6.07) is 0. The van der Waals surface area contributed by atoms with E-state index < -0.39 is 36.5 Å². The first-order valence-electron chi connectivity index (χ1n) is 3.52. The average molecular weight is 198 g/mol. The molecule has 1 unspecified atom stereocenters. The van der Waals surface area contributed by atoms with Gasteiger partial charge in [-0.15, -0.1) is 0 Å². The van der Waals surface area contributed by atoms with Crippen molar-refractivity contribution in [3.05, 3.63) is 0 Å². The van der Waals surface area contributed by atoms with E-state index in [9.17, 15) is 9.50 Å². The van der Waals surface area contributed by atoms with Gasteiger partial charge < -0.3 is 20.1 Å². The van der Waals surface area contributed by atoms with Crippen LogP contribution in [0.4, 0.5) is 4.39 Å². The highest BCUT2D eigenvalue weighted by Gasteiger charge is 2.42. The summed E-state index contributed by atoms with van der Waals surface area (Å²) in [5, 5.41) is 25.9. The Kier molecular flexibility index (Phi) is 3.30. The van der Waals surface area contributed by atoms with Crippen LogP contribution < -0.4 is 0 Å².